The molecule has 7 aromatic rings. The number of aromatic nitrogens is 2. The molecule has 5 aromatic carbocycles. The first-order valence-electron chi connectivity index (χ1n) is 13.8. The molecule has 8 rings (SSSR count). The molecule has 0 fully saturated rings. The Morgan fingerprint density at radius 1 is 0.600 bits per heavy atom. The third-order valence-electron chi connectivity index (χ3n) is 8.44. The SMILES string of the molecule is CC1(C)C(c2ccccc2)=Nc2cc3c4ccccc4n(-c4ccc(-c5cncc6ccccc56)cc4)c3cc21. The van der Waals surface area contributed by atoms with Crippen LogP contribution in [0.5, 0.6) is 0 Å². The average Bonchev–Trinajstić information content (AvgIpc) is 3.46. The summed E-state index contributed by atoms with van der Waals surface area (Å²) in [5.74, 6) is 0. The number of aliphatic imine (C=N–C) groups is 1. The first-order valence-corrected chi connectivity index (χ1v) is 13.8. The molecule has 0 N–H and O–H groups in total. The lowest BCUT2D eigenvalue weighted by atomic mass is 9.79. The van der Waals surface area contributed by atoms with Crippen LogP contribution in [0.4, 0.5) is 5.69 Å². The first-order chi connectivity index (χ1) is 19.6. The number of pyridine rings is 1. The van der Waals surface area contributed by atoms with Crippen LogP contribution in [0.25, 0.3) is 49.4 Å². The molecule has 0 unspecified atom stereocenters. The van der Waals surface area contributed by atoms with E-state index in [1.807, 2.05) is 12.4 Å². The molecule has 2 aromatic heterocycles. The van der Waals surface area contributed by atoms with Crippen LogP contribution in [0, 0.1) is 0 Å². The highest BCUT2D eigenvalue weighted by atomic mass is 15.0. The molecule has 1 aliphatic rings. The van der Waals surface area contributed by atoms with E-state index in [1.165, 1.54) is 38.3 Å². The number of benzene rings is 5. The molecular formula is C37H27N3. The van der Waals surface area contributed by atoms with Gasteiger partial charge in [-0.3, -0.25) is 9.98 Å². The minimum Gasteiger partial charge on any atom is -0.309 e. The van der Waals surface area contributed by atoms with E-state index in [1.54, 1.807) is 0 Å². The Labute approximate surface area is 233 Å². The van der Waals surface area contributed by atoms with Crippen LogP contribution in [0.15, 0.2) is 133 Å². The number of rotatable bonds is 3. The fourth-order valence-electron chi connectivity index (χ4n) is 6.42. The third-order valence-corrected chi connectivity index (χ3v) is 8.44. The second-order valence-electron chi connectivity index (χ2n) is 11.1. The van der Waals surface area contributed by atoms with Gasteiger partial charge < -0.3 is 4.57 Å². The van der Waals surface area contributed by atoms with Crippen molar-refractivity contribution in [2.45, 2.75) is 19.3 Å². The van der Waals surface area contributed by atoms with Crippen LogP contribution in [-0.4, -0.2) is 15.3 Å². The molecule has 0 aliphatic carbocycles. The van der Waals surface area contributed by atoms with Gasteiger partial charge in [0.1, 0.15) is 0 Å². The zero-order chi connectivity index (χ0) is 26.8. The summed E-state index contributed by atoms with van der Waals surface area (Å²) in [4.78, 5) is 9.69. The van der Waals surface area contributed by atoms with E-state index >= 15 is 0 Å². The van der Waals surface area contributed by atoms with Crippen LogP contribution in [0.3, 0.4) is 0 Å². The van der Waals surface area contributed by atoms with Crippen molar-refractivity contribution in [1.29, 1.82) is 0 Å². The summed E-state index contributed by atoms with van der Waals surface area (Å²) in [6.07, 6.45) is 3.89. The molecule has 3 heterocycles. The molecule has 190 valence electrons. The van der Waals surface area contributed by atoms with Gasteiger partial charge >= 0.3 is 0 Å². The molecule has 1 aliphatic heterocycles. The highest BCUT2D eigenvalue weighted by Gasteiger charge is 2.36. The molecular weight excluding hydrogens is 486 g/mol. The summed E-state index contributed by atoms with van der Waals surface area (Å²) < 4.78 is 2.40. The van der Waals surface area contributed by atoms with Crippen LogP contribution >= 0.6 is 0 Å². The van der Waals surface area contributed by atoms with Gasteiger partial charge in [0.15, 0.2) is 0 Å². The van der Waals surface area contributed by atoms with Crippen LogP contribution in [0.1, 0.15) is 25.0 Å². The molecule has 3 heteroatoms. The Hall–Kier alpha value is -5.02. The van der Waals surface area contributed by atoms with E-state index in [0.717, 1.165) is 33.6 Å². The zero-order valence-corrected chi connectivity index (χ0v) is 22.5. The van der Waals surface area contributed by atoms with E-state index in [-0.39, 0.29) is 5.41 Å². The van der Waals surface area contributed by atoms with Gasteiger partial charge in [0.25, 0.3) is 0 Å². The quantitative estimate of drug-likeness (QED) is 0.231. The lowest BCUT2D eigenvalue weighted by Crippen LogP contribution is -2.26. The van der Waals surface area contributed by atoms with E-state index in [0.29, 0.717) is 0 Å². The summed E-state index contributed by atoms with van der Waals surface area (Å²) in [6, 6.07) is 41.2. The normalized spacial score (nSPS) is 14.1. The Morgan fingerprint density at radius 3 is 2.15 bits per heavy atom. The van der Waals surface area contributed by atoms with Crippen LogP contribution < -0.4 is 0 Å². The Bertz CT molecular complexity index is 2110. The number of fused-ring (bicyclic) bond motifs is 5. The molecule has 40 heavy (non-hydrogen) atoms. The summed E-state index contributed by atoms with van der Waals surface area (Å²) in [5, 5.41) is 4.84. The summed E-state index contributed by atoms with van der Waals surface area (Å²) in [7, 11) is 0. The van der Waals surface area contributed by atoms with Crippen molar-refractivity contribution < 1.29 is 0 Å². The fraction of sp³-hybridized carbons (Fsp3) is 0.0811. The van der Waals surface area contributed by atoms with Gasteiger partial charge in [0.05, 0.1) is 22.4 Å². The van der Waals surface area contributed by atoms with Gasteiger partial charge in [-0.15, -0.1) is 0 Å². The zero-order valence-electron chi connectivity index (χ0n) is 22.5. The molecule has 0 saturated heterocycles. The van der Waals surface area contributed by atoms with E-state index in [4.69, 9.17) is 4.99 Å². The molecule has 0 atom stereocenters. The molecule has 0 bridgehead atoms. The smallest absolute Gasteiger partial charge is 0.0682 e. The second-order valence-corrected chi connectivity index (χ2v) is 11.1. The van der Waals surface area contributed by atoms with Gasteiger partial charge in [-0.25, -0.2) is 0 Å². The number of hydrogen-bond donors (Lipinski definition) is 0. The molecule has 0 saturated carbocycles. The van der Waals surface area contributed by atoms with Crippen molar-refractivity contribution in [3.8, 4) is 16.8 Å². The minimum atomic E-state index is -0.197. The molecule has 3 nitrogen and oxygen atoms in total. The Balaban J connectivity index is 1.31. The maximum atomic E-state index is 5.19. The van der Waals surface area contributed by atoms with E-state index < -0.39 is 0 Å². The van der Waals surface area contributed by atoms with Crippen LogP contribution in [-0.2, 0) is 5.41 Å². The maximum Gasteiger partial charge on any atom is 0.0682 e. The summed E-state index contributed by atoms with van der Waals surface area (Å²) in [6.45, 7) is 4.58. The highest BCUT2D eigenvalue weighted by Crippen LogP contribution is 2.46. The summed E-state index contributed by atoms with van der Waals surface area (Å²) >= 11 is 0. The van der Waals surface area contributed by atoms with Crippen molar-refractivity contribution in [3.63, 3.8) is 0 Å². The van der Waals surface area contributed by atoms with Gasteiger partial charge in [0, 0.05) is 45.2 Å². The first kappa shape index (κ1) is 22.9. The Kier molecular flexibility index (Phi) is 4.86. The number of hydrogen-bond acceptors (Lipinski definition) is 2. The minimum absolute atomic E-state index is 0.197. The lowest BCUT2D eigenvalue weighted by molar-refractivity contribution is 0.738. The predicted octanol–water partition coefficient (Wildman–Crippen LogP) is 9.41. The largest absolute Gasteiger partial charge is 0.309 e. The second kappa shape index (κ2) is 8.49. The number of para-hydroxylation sites is 1. The highest BCUT2D eigenvalue weighted by molar-refractivity contribution is 6.16. The van der Waals surface area contributed by atoms with E-state index in [2.05, 4.69) is 139 Å². The molecule has 0 amide bonds. The van der Waals surface area contributed by atoms with Crippen molar-refractivity contribution in [1.82, 2.24) is 9.55 Å². The van der Waals surface area contributed by atoms with Crippen molar-refractivity contribution >= 4 is 44.0 Å². The molecule has 0 spiro atoms. The molecule has 0 radical (unpaired) electrons. The van der Waals surface area contributed by atoms with Crippen LogP contribution in [0.2, 0.25) is 0 Å². The van der Waals surface area contributed by atoms with Gasteiger partial charge in [0.2, 0.25) is 0 Å². The number of nitrogens with zero attached hydrogens (tertiary/aromatic N) is 3. The predicted molar refractivity (Wildman–Crippen MR) is 167 cm³/mol. The topological polar surface area (TPSA) is 30.2 Å². The van der Waals surface area contributed by atoms with Gasteiger partial charge in [-0.05, 0) is 52.4 Å². The fourth-order valence-corrected chi connectivity index (χ4v) is 6.42. The van der Waals surface area contributed by atoms with Gasteiger partial charge in [-0.1, -0.05) is 98.8 Å². The van der Waals surface area contributed by atoms with Crippen molar-refractivity contribution in [2.24, 2.45) is 4.99 Å². The van der Waals surface area contributed by atoms with Crippen molar-refractivity contribution in [2.75, 3.05) is 0 Å². The maximum absolute atomic E-state index is 5.19. The van der Waals surface area contributed by atoms with Crippen molar-refractivity contribution in [3.05, 3.63) is 139 Å². The van der Waals surface area contributed by atoms with Gasteiger partial charge in [-0.2, -0.15) is 0 Å². The Morgan fingerprint density at radius 2 is 1.32 bits per heavy atom. The standard InChI is InChI=1S/C37H27N3/c1-37(2)32-21-35-30(20-33(32)39-36(37)25-10-4-3-5-11-25)29-14-8-9-15-34(29)40(35)27-18-16-24(17-19-27)31-23-38-22-26-12-6-7-13-28(26)31/h3-23H,1-2H3. The third kappa shape index (κ3) is 3.31. The monoisotopic (exact) mass is 513 g/mol. The summed E-state index contributed by atoms with van der Waals surface area (Å²) in [5.41, 5.74) is 10.3. The average molecular weight is 514 g/mol. The lowest BCUT2D eigenvalue weighted by Gasteiger charge is -2.23. The van der Waals surface area contributed by atoms with E-state index in [9.17, 15) is 0 Å².